The number of carbonyl (C=O) groups excluding carboxylic acids is 2. The first-order chi connectivity index (χ1) is 10.2. The predicted octanol–water partition coefficient (Wildman–Crippen LogP) is 0.841. The Morgan fingerprint density at radius 1 is 1.38 bits per heavy atom. The van der Waals surface area contributed by atoms with Crippen molar-refractivity contribution in [2.45, 2.75) is 19.4 Å². The van der Waals surface area contributed by atoms with Crippen molar-refractivity contribution in [2.24, 2.45) is 0 Å². The van der Waals surface area contributed by atoms with Crippen LogP contribution in [-0.4, -0.2) is 49.0 Å². The number of amides is 2. The molecule has 112 valence electrons. The first-order valence-electron chi connectivity index (χ1n) is 7.30. The molecule has 2 N–H and O–H groups in total. The lowest BCUT2D eigenvalue weighted by Gasteiger charge is -2.35. The van der Waals surface area contributed by atoms with Gasteiger partial charge in [0.25, 0.3) is 5.91 Å². The smallest absolute Gasteiger partial charge is 0.258 e. The standard InChI is InChI=1S/C15H19N3O3/c1-2-12-14(19)17-6-8-18(12)15(20)10-4-3-5-11-13(10)21-9-7-16-11/h3-5,12,16H,2,6-9H2,1H3,(H,17,19). The Kier molecular flexibility index (Phi) is 3.68. The molecule has 1 aromatic rings. The molecule has 2 amide bonds. The summed E-state index contributed by atoms with van der Waals surface area (Å²) in [5.41, 5.74) is 1.36. The average molecular weight is 289 g/mol. The third-order valence-electron chi connectivity index (χ3n) is 3.89. The van der Waals surface area contributed by atoms with Crippen LogP contribution in [0.4, 0.5) is 5.69 Å². The number of piperazine rings is 1. The molecule has 6 heteroatoms. The summed E-state index contributed by atoms with van der Waals surface area (Å²) in [6.45, 7) is 4.20. The quantitative estimate of drug-likeness (QED) is 0.846. The Morgan fingerprint density at radius 2 is 2.24 bits per heavy atom. The molecule has 0 bridgehead atoms. The monoisotopic (exact) mass is 289 g/mol. The summed E-state index contributed by atoms with van der Waals surface area (Å²) in [7, 11) is 0. The van der Waals surface area contributed by atoms with Crippen LogP contribution in [0.5, 0.6) is 5.75 Å². The van der Waals surface area contributed by atoms with Crippen LogP contribution in [0.3, 0.4) is 0 Å². The predicted molar refractivity (Wildman–Crippen MR) is 78.6 cm³/mol. The second-order valence-corrected chi connectivity index (χ2v) is 5.17. The van der Waals surface area contributed by atoms with Crippen molar-refractivity contribution in [3.63, 3.8) is 0 Å². The first-order valence-corrected chi connectivity index (χ1v) is 7.30. The van der Waals surface area contributed by atoms with E-state index in [4.69, 9.17) is 4.74 Å². The molecule has 0 saturated carbocycles. The van der Waals surface area contributed by atoms with Crippen LogP contribution in [-0.2, 0) is 4.79 Å². The van der Waals surface area contributed by atoms with Gasteiger partial charge in [0.05, 0.1) is 11.3 Å². The maximum atomic E-state index is 12.8. The number of anilines is 1. The van der Waals surface area contributed by atoms with E-state index in [2.05, 4.69) is 10.6 Å². The zero-order chi connectivity index (χ0) is 14.8. The molecular weight excluding hydrogens is 270 g/mol. The number of fused-ring (bicyclic) bond motifs is 1. The highest BCUT2D eigenvalue weighted by Crippen LogP contribution is 2.32. The van der Waals surface area contributed by atoms with Crippen molar-refractivity contribution < 1.29 is 14.3 Å². The van der Waals surface area contributed by atoms with Gasteiger partial charge in [-0.3, -0.25) is 9.59 Å². The van der Waals surface area contributed by atoms with E-state index < -0.39 is 6.04 Å². The third kappa shape index (κ3) is 2.41. The van der Waals surface area contributed by atoms with Crippen molar-refractivity contribution in [3.8, 4) is 5.75 Å². The Bertz CT molecular complexity index is 573. The van der Waals surface area contributed by atoms with Crippen molar-refractivity contribution in [1.29, 1.82) is 0 Å². The molecular formula is C15H19N3O3. The summed E-state index contributed by atoms with van der Waals surface area (Å²) >= 11 is 0. The van der Waals surface area contributed by atoms with Gasteiger partial charge in [0, 0.05) is 19.6 Å². The largest absolute Gasteiger partial charge is 0.489 e. The molecule has 0 spiro atoms. The van der Waals surface area contributed by atoms with Crippen molar-refractivity contribution in [1.82, 2.24) is 10.2 Å². The number of para-hydroxylation sites is 1. The number of nitrogens with zero attached hydrogens (tertiary/aromatic N) is 1. The highest BCUT2D eigenvalue weighted by molar-refractivity contribution is 6.01. The summed E-state index contributed by atoms with van der Waals surface area (Å²) in [5.74, 6) is 0.368. The minimum atomic E-state index is -0.404. The minimum absolute atomic E-state index is 0.0825. The summed E-state index contributed by atoms with van der Waals surface area (Å²) in [6, 6.07) is 5.08. The zero-order valence-corrected chi connectivity index (χ0v) is 12.0. The Hall–Kier alpha value is -2.24. The number of ether oxygens (including phenoxy) is 1. The lowest BCUT2D eigenvalue weighted by Crippen LogP contribution is -2.57. The molecule has 1 aromatic carbocycles. The van der Waals surface area contributed by atoms with E-state index in [9.17, 15) is 9.59 Å². The van der Waals surface area contributed by atoms with Crippen LogP contribution in [0.2, 0.25) is 0 Å². The fourth-order valence-electron chi connectivity index (χ4n) is 2.86. The number of nitrogens with one attached hydrogen (secondary N) is 2. The number of hydrogen-bond donors (Lipinski definition) is 2. The summed E-state index contributed by atoms with van der Waals surface area (Å²) < 4.78 is 5.65. The number of carbonyl (C=O) groups is 2. The van der Waals surface area contributed by atoms with Crippen molar-refractivity contribution >= 4 is 17.5 Å². The highest BCUT2D eigenvalue weighted by Gasteiger charge is 2.33. The first kappa shape index (κ1) is 13.7. The molecule has 0 aliphatic carbocycles. The second kappa shape index (κ2) is 5.63. The van der Waals surface area contributed by atoms with E-state index in [1.54, 1.807) is 11.0 Å². The van der Waals surface area contributed by atoms with Crippen LogP contribution in [0.15, 0.2) is 18.2 Å². The maximum absolute atomic E-state index is 12.8. The fourth-order valence-corrected chi connectivity index (χ4v) is 2.86. The molecule has 1 saturated heterocycles. The molecule has 2 aliphatic heterocycles. The second-order valence-electron chi connectivity index (χ2n) is 5.17. The average Bonchev–Trinajstić information content (AvgIpc) is 2.53. The van der Waals surface area contributed by atoms with Gasteiger partial charge >= 0.3 is 0 Å². The fraction of sp³-hybridized carbons (Fsp3) is 0.467. The van der Waals surface area contributed by atoms with Crippen LogP contribution in [0.25, 0.3) is 0 Å². The van der Waals surface area contributed by atoms with E-state index in [0.717, 1.165) is 12.2 Å². The van der Waals surface area contributed by atoms with Crippen LogP contribution in [0, 0.1) is 0 Å². The van der Waals surface area contributed by atoms with E-state index in [1.807, 2.05) is 19.1 Å². The van der Waals surface area contributed by atoms with Gasteiger partial charge in [0.15, 0.2) is 5.75 Å². The molecule has 1 fully saturated rings. The Labute approximate surface area is 123 Å². The molecule has 3 rings (SSSR count). The molecule has 2 heterocycles. The molecule has 1 unspecified atom stereocenters. The molecule has 6 nitrogen and oxygen atoms in total. The number of hydrogen-bond acceptors (Lipinski definition) is 4. The number of rotatable bonds is 2. The van der Waals surface area contributed by atoms with Gasteiger partial charge in [-0.25, -0.2) is 0 Å². The van der Waals surface area contributed by atoms with Gasteiger partial charge in [0.2, 0.25) is 5.91 Å². The lowest BCUT2D eigenvalue weighted by molar-refractivity contribution is -0.127. The normalized spacial score (nSPS) is 20.9. The van der Waals surface area contributed by atoms with E-state index in [0.29, 0.717) is 37.4 Å². The van der Waals surface area contributed by atoms with Gasteiger partial charge < -0.3 is 20.3 Å². The molecule has 21 heavy (non-hydrogen) atoms. The Balaban J connectivity index is 1.93. The Morgan fingerprint density at radius 3 is 3.05 bits per heavy atom. The summed E-state index contributed by atoms with van der Waals surface area (Å²) in [4.78, 5) is 26.4. The van der Waals surface area contributed by atoms with Crippen molar-refractivity contribution in [2.75, 3.05) is 31.6 Å². The highest BCUT2D eigenvalue weighted by atomic mass is 16.5. The van der Waals surface area contributed by atoms with Gasteiger partial charge in [-0.2, -0.15) is 0 Å². The van der Waals surface area contributed by atoms with Crippen LogP contribution >= 0.6 is 0 Å². The SMILES string of the molecule is CCC1C(=O)NCCN1C(=O)c1cccc2c1OCCN2. The zero-order valence-electron chi connectivity index (χ0n) is 12.0. The van der Waals surface area contributed by atoms with Gasteiger partial charge in [0.1, 0.15) is 12.6 Å². The third-order valence-corrected chi connectivity index (χ3v) is 3.89. The minimum Gasteiger partial charge on any atom is -0.489 e. The summed E-state index contributed by atoms with van der Waals surface area (Å²) in [6.07, 6.45) is 0.603. The van der Waals surface area contributed by atoms with Gasteiger partial charge in [-0.1, -0.05) is 13.0 Å². The maximum Gasteiger partial charge on any atom is 0.258 e. The van der Waals surface area contributed by atoms with Crippen LogP contribution in [0.1, 0.15) is 23.7 Å². The molecule has 2 aliphatic rings. The van der Waals surface area contributed by atoms with E-state index in [1.165, 1.54) is 0 Å². The van der Waals surface area contributed by atoms with Crippen molar-refractivity contribution in [3.05, 3.63) is 23.8 Å². The van der Waals surface area contributed by atoms with Crippen LogP contribution < -0.4 is 15.4 Å². The topological polar surface area (TPSA) is 70.7 Å². The summed E-state index contributed by atoms with van der Waals surface area (Å²) in [5, 5.41) is 6.02. The number of benzene rings is 1. The van der Waals surface area contributed by atoms with E-state index in [-0.39, 0.29) is 11.8 Å². The van der Waals surface area contributed by atoms with Gasteiger partial charge in [-0.05, 0) is 18.6 Å². The van der Waals surface area contributed by atoms with Gasteiger partial charge in [-0.15, -0.1) is 0 Å². The molecule has 1 atom stereocenters. The molecule has 0 aromatic heterocycles. The molecule has 0 radical (unpaired) electrons. The lowest BCUT2D eigenvalue weighted by atomic mass is 10.1. The van der Waals surface area contributed by atoms with E-state index >= 15 is 0 Å².